The third-order valence-corrected chi connectivity index (χ3v) is 7.40. The Bertz CT molecular complexity index is 1730. The maximum absolute atomic E-state index is 13.5. The Morgan fingerprint density at radius 3 is 2.40 bits per heavy atom. The fraction of sp³-hybridized carbons (Fsp3) is 0.148. The molecule has 0 heterocycles. The molecule has 1 amide bonds. The summed E-state index contributed by atoms with van der Waals surface area (Å²) in [7, 11) is -4.72. The second-order valence-corrected chi connectivity index (χ2v) is 10.4. The van der Waals surface area contributed by atoms with Gasteiger partial charge in [0.05, 0.1) is 17.3 Å². The monoisotopic (exact) mass is 609 g/mol. The first-order chi connectivity index (χ1) is 18.5. The molecule has 0 aliphatic heterocycles. The fourth-order valence-corrected chi connectivity index (χ4v) is 5.47. The van der Waals surface area contributed by atoms with Gasteiger partial charge in [-0.1, -0.05) is 60.1 Å². The van der Waals surface area contributed by atoms with Gasteiger partial charge in [0, 0.05) is 27.7 Å². The Morgan fingerprint density at radius 2 is 1.73 bits per heavy atom. The number of hydrogen-bond acceptors (Lipinski definition) is 7. The van der Waals surface area contributed by atoms with Gasteiger partial charge >= 0.3 is 29.6 Å². The van der Waals surface area contributed by atoms with Gasteiger partial charge in [-0.15, -0.1) is 5.11 Å². The van der Waals surface area contributed by atoms with Gasteiger partial charge in [0.2, 0.25) is 0 Å². The van der Waals surface area contributed by atoms with E-state index in [1.165, 1.54) is 18.2 Å². The molecular weight excluding hydrogens is 588 g/mol. The van der Waals surface area contributed by atoms with Crippen molar-refractivity contribution >= 4 is 67.1 Å². The number of carbonyl (C=O) groups is 1. The van der Waals surface area contributed by atoms with Crippen molar-refractivity contribution in [3.05, 3.63) is 81.8 Å². The summed E-state index contributed by atoms with van der Waals surface area (Å²) in [6, 6.07) is 15.5. The van der Waals surface area contributed by atoms with Crippen molar-refractivity contribution in [2.24, 2.45) is 10.2 Å². The predicted molar refractivity (Wildman–Crippen MR) is 149 cm³/mol. The van der Waals surface area contributed by atoms with Crippen molar-refractivity contribution < 1.29 is 57.2 Å². The number of nitrogens with one attached hydrogen (secondary N) is 1. The molecule has 0 saturated carbocycles. The summed E-state index contributed by atoms with van der Waals surface area (Å²) in [5.74, 6) is -1.06. The molecule has 0 unspecified atom stereocenters. The number of fused-ring (bicyclic) bond motifs is 1. The summed E-state index contributed by atoms with van der Waals surface area (Å²) in [6.07, 6.45) is 0.193. The normalized spacial score (nSPS) is 11.4. The topological polar surface area (TPSA) is 140 Å². The van der Waals surface area contributed by atoms with Crippen molar-refractivity contribution in [3.8, 4) is 11.5 Å². The Morgan fingerprint density at radius 1 is 1.02 bits per heavy atom. The van der Waals surface area contributed by atoms with Crippen LogP contribution in [0.5, 0.6) is 11.5 Å². The Balaban J connectivity index is 0.00000441. The van der Waals surface area contributed by atoms with E-state index < -0.39 is 26.7 Å². The van der Waals surface area contributed by atoms with Crippen molar-refractivity contribution in [2.75, 3.05) is 11.9 Å². The molecule has 2 N–H and O–H groups in total. The summed E-state index contributed by atoms with van der Waals surface area (Å²) < 4.78 is 39.6. The van der Waals surface area contributed by atoms with E-state index in [4.69, 9.17) is 27.9 Å². The van der Waals surface area contributed by atoms with Gasteiger partial charge in [-0.3, -0.25) is 9.35 Å². The summed E-state index contributed by atoms with van der Waals surface area (Å²) in [5.41, 5.74) is -0.0868. The molecule has 4 aromatic carbocycles. The van der Waals surface area contributed by atoms with Crippen LogP contribution in [0.25, 0.3) is 10.8 Å². The van der Waals surface area contributed by atoms with Crippen LogP contribution in [0.4, 0.5) is 17.1 Å². The zero-order valence-corrected chi connectivity index (χ0v) is 26.1. The number of ether oxygens (including phenoxy) is 1. The minimum Gasteiger partial charge on any atom is -0.870 e. The van der Waals surface area contributed by atoms with E-state index in [-0.39, 0.29) is 63.5 Å². The van der Waals surface area contributed by atoms with Gasteiger partial charge < -0.3 is 15.2 Å². The first-order valence-corrected chi connectivity index (χ1v) is 13.9. The van der Waals surface area contributed by atoms with Gasteiger partial charge in [-0.2, -0.15) is 13.5 Å². The van der Waals surface area contributed by atoms with E-state index in [0.29, 0.717) is 33.8 Å². The molecule has 4 aromatic rings. The molecule has 0 radical (unpaired) electrons. The third-order valence-electron chi connectivity index (χ3n) is 5.76. The number of hydrogen-bond donors (Lipinski definition) is 2. The Hall–Kier alpha value is -2.70. The quantitative estimate of drug-likeness (QED) is 0.175. The van der Waals surface area contributed by atoms with Crippen LogP contribution in [0.1, 0.15) is 29.8 Å². The van der Waals surface area contributed by atoms with Crippen molar-refractivity contribution in [1.29, 1.82) is 0 Å². The Kier molecular flexibility index (Phi) is 10.6. The molecule has 0 bridgehead atoms. The average molecular weight is 610 g/mol. The van der Waals surface area contributed by atoms with E-state index in [2.05, 4.69) is 15.5 Å². The van der Waals surface area contributed by atoms with Gasteiger partial charge in [-0.25, -0.2) is 0 Å². The second-order valence-electron chi connectivity index (χ2n) is 8.26. The largest absolute Gasteiger partial charge is 1.00 e. The SMILES string of the molecule is CCOc1cc(NC(=O)c2cc3ccccc3c(N=Nc3ccc(Cl)c(CC)c3S(=O)(=O)O)c2[O-])ccc1Cl.[Na+]. The van der Waals surface area contributed by atoms with Gasteiger partial charge in [0.25, 0.3) is 16.0 Å². The molecule has 0 aliphatic rings. The summed E-state index contributed by atoms with van der Waals surface area (Å²) in [6.45, 7) is 3.83. The van der Waals surface area contributed by atoms with Crippen molar-refractivity contribution in [2.45, 2.75) is 25.2 Å². The molecule has 0 spiro atoms. The molecule has 0 saturated heterocycles. The van der Waals surface area contributed by atoms with Crippen LogP contribution in [-0.4, -0.2) is 25.5 Å². The number of amides is 1. The molecule has 9 nitrogen and oxygen atoms in total. The van der Waals surface area contributed by atoms with E-state index in [1.807, 2.05) is 0 Å². The maximum atomic E-state index is 13.5. The first-order valence-electron chi connectivity index (χ1n) is 11.7. The number of halogens is 2. The molecule has 0 atom stereocenters. The van der Waals surface area contributed by atoms with E-state index >= 15 is 0 Å². The standard InChI is InChI=1S/C27H23Cl2N3O6S.Na/c1-3-17-20(28)11-12-22(26(17)39(35,36)37)31-32-24-18-8-6-5-7-15(18)13-19(25(24)33)27(34)30-16-9-10-21(29)23(14-16)38-4-2;/h5-14,33H,3-4H2,1-2H3,(H,30,34)(H,35,36,37);/q;+1/p-1. The average Bonchev–Trinajstić information content (AvgIpc) is 2.89. The van der Waals surface area contributed by atoms with Crippen LogP contribution in [0.3, 0.4) is 0 Å². The minimum absolute atomic E-state index is 0. The number of carbonyl (C=O) groups excluding carboxylic acids is 1. The van der Waals surface area contributed by atoms with E-state index in [0.717, 1.165) is 0 Å². The number of nitrogens with zero attached hydrogens (tertiary/aromatic N) is 2. The molecule has 0 aliphatic carbocycles. The van der Waals surface area contributed by atoms with E-state index in [9.17, 15) is 22.9 Å². The molecule has 4 rings (SSSR count). The van der Waals surface area contributed by atoms with Crippen molar-refractivity contribution in [3.63, 3.8) is 0 Å². The Labute approximate surface area is 263 Å². The maximum Gasteiger partial charge on any atom is 1.00 e. The number of benzene rings is 4. The van der Waals surface area contributed by atoms with Crippen LogP contribution >= 0.6 is 23.2 Å². The van der Waals surface area contributed by atoms with E-state index in [1.54, 1.807) is 56.3 Å². The molecule has 0 fully saturated rings. The summed E-state index contributed by atoms with van der Waals surface area (Å²) in [5, 5.41) is 25.6. The van der Waals surface area contributed by atoms with Gasteiger partial charge in [-0.05, 0) is 54.6 Å². The zero-order valence-electron chi connectivity index (χ0n) is 21.7. The van der Waals surface area contributed by atoms with Crippen LogP contribution in [0.15, 0.2) is 75.8 Å². The number of anilines is 1. The molecule has 40 heavy (non-hydrogen) atoms. The fourth-order valence-electron chi connectivity index (χ4n) is 4.01. The zero-order chi connectivity index (χ0) is 28.3. The van der Waals surface area contributed by atoms with Crippen LogP contribution in [-0.2, 0) is 16.5 Å². The smallest absolute Gasteiger partial charge is 0.870 e. The summed E-state index contributed by atoms with van der Waals surface area (Å²) in [4.78, 5) is 12.7. The summed E-state index contributed by atoms with van der Waals surface area (Å²) >= 11 is 12.2. The minimum atomic E-state index is -4.72. The third kappa shape index (κ3) is 6.77. The van der Waals surface area contributed by atoms with Crippen LogP contribution in [0, 0.1) is 0 Å². The number of azo groups is 1. The van der Waals surface area contributed by atoms with Gasteiger partial charge in [0.15, 0.2) is 0 Å². The first kappa shape index (κ1) is 31.8. The predicted octanol–water partition coefficient (Wildman–Crippen LogP) is 4.10. The van der Waals surface area contributed by atoms with Crippen LogP contribution < -0.4 is 44.7 Å². The van der Waals surface area contributed by atoms with Gasteiger partial charge in [0.1, 0.15) is 16.3 Å². The molecule has 0 aromatic heterocycles. The van der Waals surface area contributed by atoms with Crippen LogP contribution in [0.2, 0.25) is 10.0 Å². The molecule has 13 heteroatoms. The van der Waals surface area contributed by atoms with Crippen molar-refractivity contribution in [1.82, 2.24) is 0 Å². The second kappa shape index (κ2) is 13.3. The molecule has 202 valence electrons. The number of rotatable bonds is 8. The molecular formula is C27H22Cl2N3NaO6S.